The van der Waals surface area contributed by atoms with Crippen molar-refractivity contribution in [1.82, 2.24) is 0 Å². The summed E-state index contributed by atoms with van der Waals surface area (Å²) < 4.78 is 0. The van der Waals surface area contributed by atoms with E-state index in [1.807, 2.05) is 12.1 Å². The van der Waals surface area contributed by atoms with Crippen LogP contribution in [0.25, 0.3) is 0 Å². The van der Waals surface area contributed by atoms with Gasteiger partial charge in [-0.1, -0.05) is 12.1 Å². The maximum Gasteiger partial charge on any atom is 0.0744 e. The minimum Gasteiger partial charge on any atom is -0.545 e. The molecule has 0 aliphatic heterocycles. The van der Waals surface area contributed by atoms with Gasteiger partial charge in [-0.15, -0.1) is 11.3 Å². The van der Waals surface area contributed by atoms with Crippen LogP contribution in [-0.4, -0.2) is 5.97 Å². The van der Waals surface area contributed by atoms with Gasteiger partial charge in [0.05, 0.1) is 23.0 Å². The third kappa shape index (κ3) is 1.99. The van der Waals surface area contributed by atoms with Crippen molar-refractivity contribution in [3.63, 3.8) is 0 Å². The third-order valence-corrected chi connectivity index (χ3v) is 2.86. The molecule has 82 valence electrons. The van der Waals surface area contributed by atoms with Crippen LogP contribution in [0.15, 0.2) is 35.0 Å². The molecular weight excluding hydrogens is 224 g/mol. The third-order valence-electron chi connectivity index (χ3n) is 2.11. The highest BCUT2D eigenvalue weighted by molar-refractivity contribution is 7.08. The van der Waals surface area contributed by atoms with Crippen LogP contribution >= 0.6 is 11.3 Å². The number of hydrogen-bond acceptors (Lipinski definition) is 5. The summed E-state index contributed by atoms with van der Waals surface area (Å²) in [5.41, 5.74) is 7.64. The van der Waals surface area contributed by atoms with Crippen molar-refractivity contribution in [2.24, 2.45) is 0 Å². The zero-order chi connectivity index (χ0) is 11.5. The molecule has 0 saturated carbocycles. The predicted molar refractivity (Wildman–Crippen MR) is 62.8 cm³/mol. The Balaban J connectivity index is 2.31. The maximum atomic E-state index is 10.8. The number of nitrogens with two attached hydrogens (primary N) is 1. The van der Waals surface area contributed by atoms with E-state index in [1.54, 1.807) is 17.5 Å². The fourth-order valence-corrected chi connectivity index (χ4v) is 2.06. The first-order chi connectivity index (χ1) is 7.68. The van der Waals surface area contributed by atoms with Crippen LogP contribution in [0.5, 0.6) is 0 Å². The number of aromatic carboxylic acids is 1. The molecule has 1 heterocycles. The molecule has 0 bridgehead atoms. The van der Waals surface area contributed by atoms with Crippen LogP contribution in [0, 0.1) is 0 Å². The molecule has 16 heavy (non-hydrogen) atoms. The van der Waals surface area contributed by atoms with Gasteiger partial charge in [-0.2, -0.15) is 0 Å². The summed E-state index contributed by atoms with van der Waals surface area (Å²) in [5, 5.41) is 17.0. The largest absolute Gasteiger partial charge is 0.545 e. The first-order valence-corrected chi connectivity index (χ1v) is 5.52. The minimum atomic E-state index is -1.20. The van der Waals surface area contributed by atoms with E-state index in [1.165, 1.54) is 16.7 Å². The van der Waals surface area contributed by atoms with E-state index in [0.29, 0.717) is 17.1 Å². The smallest absolute Gasteiger partial charge is 0.0744 e. The van der Waals surface area contributed by atoms with Crippen LogP contribution in [0.3, 0.4) is 0 Å². The van der Waals surface area contributed by atoms with Gasteiger partial charge in [-0.05, 0) is 12.1 Å². The number of nitrogens with one attached hydrogen (secondary N) is 1. The number of hydrogen-bond donors (Lipinski definition) is 2. The SMILES string of the molecule is Nc1ccccc1Nc1cscc1C(=O)[O-]. The molecule has 0 aliphatic rings. The summed E-state index contributed by atoms with van der Waals surface area (Å²) in [6.45, 7) is 0. The van der Waals surface area contributed by atoms with Crippen molar-refractivity contribution in [3.8, 4) is 0 Å². The van der Waals surface area contributed by atoms with Gasteiger partial charge in [0.15, 0.2) is 0 Å². The lowest BCUT2D eigenvalue weighted by Gasteiger charge is -2.10. The molecule has 0 radical (unpaired) electrons. The highest BCUT2D eigenvalue weighted by Crippen LogP contribution is 2.27. The molecule has 0 fully saturated rings. The van der Waals surface area contributed by atoms with Crippen LogP contribution in [0.1, 0.15) is 10.4 Å². The van der Waals surface area contributed by atoms with Gasteiger partial charge in [0, 0.05) is 16.3 Å². The minimum absolute atomic E-state index is 0.147. The molecule has 0 unspecified atom stereocenters. The van der Waals surface area contributed by atoms with Crippen LogP contribution < -0.4 is 16.2 Å². The highest BCUT2D eigenvalue weighted by atomic mass is 32.1. The number of carboxylic acids is 1. The molecule has 3 N–H and O–H groups in total. The number of carboxylic acid groups (broad SMARTS) is 1. The molecule has 0 spiro atoms. The van der Waals surface area contributed by atoms with Crippen molar-refractivity contribution >= 4 is 34.4 Å². The number of nitrogen functional groups attached to an aromatic ring is 1. The Morgan fingerprint density at radius 3 is 2.69 bits per heavy atom. The second kappa shape index (κ2) is 4.24. The maximum absolute atomic E-state index is 10.8. The number of thiophene rings is 1. The Morgan fingerprint density at radius 2 is 2.00 bits per heavy atom. The molecule has 1 aromatic carbocycles. The molecule has 0 atom stereocenters. The van der Waals surface area contributed by atoms with Gasteiger partial charge in [0.1, 0.15) is 0 Å². The molecule has 0 saturated heterocycles. The van der Waals surface area contributed by atoms with Gasteiger partial charge >= 0.3 is 0 Å². The topological polar surface area (TPSA) is 78.2 Å². The summed E-state index contributed by atoms with van der Waals surface area (Å²) in [6, 6.07) is 7.16. The Bertz CT molecular complexity index is 522. The van der Waals surface area contributed by atoms with Crippen molar-refractivity contribution in [3.05, 3.63) is 40.6 Å². The average molecular weight is 233 g/mol. The van der Waals surface area contributed by atoms with E-state index in [0.717, 1.165) is 0 Å². The van der Waals surface area contributed by atoms with Crippen molar-refractivity contribution < 1.29 is 9.90 Å². The summed E-state index contributed by atoms with van der Waals surface area (Å²) in [4.78, 5) is 10.8. The van der Waals surface area contributed by atoms with E-state index in [2.05, 4.69) is 5.32 Å². The van der Waals surface area contributed by atoms with Gasteiger partial charge in [-0.3, -0.25) is 0 Å². The van der Waals surface area contributed by atoms with E-state index >= 15 is 0 Å². The molecule has 0 amide bonds. The van der Waals surface area contributed by atoms with Crippen molar-refractivity contribution in [2.45, 2.75) is 0 Å². The van der Waals surface area contributed by atoms with E-state index in [9.17, 15) is 9.90 Å². The molecule has 5 heteroatoms. The summed E-state index contributed by atoms with van der Waals surface area (Å²) >= 11 is 1.30. The lowest BCUT2D eigenvalue weighted by Crippen LogP contribution is -2.22. The van der Waals surface area contributed by atoms with Gasteiger partial charge in [0.2, 0.25) is 0 Å². The Labute approximate surface area is 96.3 Å². The predicted octanol–water partition coefficient (Wildman–Crippen LogP) is 1.44. The number of para-hydroxylation sites is 2. The molecule has 4 nitrogen and oxygen atoms in total. The van der Waals surface area contributed by atoms with E-state index < -0.39 is 5.97 Å². The zero-order valence-electron chi connectivity index (χ0n) is 8.27. The normalized spacial score (nSPS) is 10.0. The van der Waals surface area contributed by atoms with Gasteiger partial charge in [-0.25, -0.2) is 0 Å². The number of benzene rings is 1. The second-order valence-corrected chi connectivity index (χ2v) is 3.94. The van der Waals surface area contributed by atoms with Crippen LogP contribution in [0.4, 0.5) is 17.1 Å². The molecule has 2 aromatic rings. The fourth-order valence-electron chi connectivity index (χ4n) is 1.31. The fraction of sp³-hybridized carbons (Fsp3) is 0. The number of rotatable bonds is 3. The zero-order valence-corrected chi connectivity index (χ0v) is 9.08. The summed E-state index contributed by atoms with van der Waals surface area (Å²) in [5.74, 6) is -1.20. The first kappa shape index (κ1) is 10.5. The molecular formula is C11H9N2O2S-. The van der Waals surface area contributed by atoms with Gasteiger partial charge in [0.25, 0.3) is 0 Å². The highest BCUT2D eigenvalue weighted by Gasteiger charge is 2.06. The monoisotopic (exact) mass is 233 g/mol. The second-order valence-electron chi connectivity index (χ2n) is 3.20. The van der Waals surface area contributed by atoms with Gasteiger partial charge < -0.3 is 21.0 Å². The Morgan fingerprint density at radius 1 is 1.25 bits per heavy atom. The van der Waals surface area contributed by atoms with Crippen molar-refractivity contribution in [1.29, 1.82) is 0 Å². The van der Waals surface area contributed by atoms with E-state index in [4.69, 9.17) is 5.73 Å². The quantitative estimate of drug-likeness (QED) is 0.786. The summed E-state index contributed by atoms with van der Waals surface area (Å²) in [6.07, 6.45) is 0. The number of carbonyl (C=O) groups excluding carboxylic acids is 1. The van der Waals surface area contributed by atoms with Crippen LogP contribution in [-0.2, 0) is 0 Å². The molecule has 0 aliphatic carbocycles. The molecule has 2 rings (SSSR count). The number of anilines is 3. The standard InChI is InChI=1S/C11H10N2O2S/c12-8-3-1-2-4-9(8)13-10-6-16-5-7(10)11(14)15/h1-6,13H,12H2,(H,14,15)/p-1. The van der Waals surface area contributed by atoms with Crippen molar-refractivity contribution in [2.75, 3.05) is 11.1 Å². The Kier molecular flexibility index (Phi) is 2.78. The molecule has 1 aromatic heterocycles. The average Bonchev–Trinajstić information content (AvgIpc) is 2.69. The first-order valence-electron chi connectivity index (χ1n) is 4.57. The van der Waals surface area contributed by atoms with Crippen LogP contribution in [0.2, 0.25) is 0 Å². The summed E-state index contributed by atoms with van der Waals surface area (Å²) in [7, 11) is 0. The lowest BCUT2D eigenvalue weighted by molar-refractivity contribution is -0.254. The number of carbonyl (C=O) groups is 1. The Hall–Kier alpha value is -2.01. The lowest BCUT2D eigenvalue weighted by atomic mass is 10.2. The van der Waals surface area contributed by atoms with E-state index in [-0.39, 0.29) is 5.56 Å².